The molecule has 2 N–H and O–H groups in total. The summed E-state index contributed by atoms with van der Waals surface area (Å²) in [6.45, 7) is 3.87. The van der Waals surface area contributed by atoms with E-state index in [1.165, 1.54) is 5.56 Å². The number of nitrogens with zero attached hydrogens (tertiary/aromatic N) is 5. The molecule has 0 saturated carbocycles. The van der Waals surface area contributed by atoms with Crippen LogP contribution in [-0.2, 0) is 6.54 Å². The smallest absolute Gasteiger partial charge is 0.205 e. The number of hydrogen-bond acceptors (Lipinski definition) is 5. The highest BCUT2D eigenvalue weighted by molar-refractivity contribution is 5.81. The van der Waals surface area contributed by atoms with Crippen molar-refractivity contribution in [2.75, 3.05) is 11.9 Å². The molecule has 0 bridgehead atoms. The van der Waals surface area contributed by atoms with E-state index in [-0.39, 0.29) is 0 Å². The van der Waals surface area contributed by atoms with Gasteiger partial charge in [0.05, 0.1) is 17.6 Å². The molecule has 3 aromatic carbocycles. The summed E-state index contributed by atoms with van der Waals surface area (Å²) >= 11 is 0. The van der Waals surface area contributed by atoms with Crippen LogP contribution in [0.15, 0.2) is 72.8 Å². The normalized spacial score (nSPS) is 11.2. The van der Waals surface area contributed by atoms with Crippen LogP contribution < -0.4 is 5.32 Å². The van der Waals surface area contributed by atoms with E-state index < -0.39 is 0 Å². The van der Waals surface area contributed by atoms with Crippen molar-refractivity contribution in [3.63, 3.8) is 0 Å². The number of aromatic nitrogens is 6. The number of benzene rings is 3. The second-order valence-electron chi connectivity index (χ2n) is 7.77. The zero-order valence-electron chi connectivity index (χ0n) is 18.0. The largest absolute Gasteiger partial charge is 0.356 e. The Bertz CT molecular complexity index is 1300. The molecule has 0 fully saturated rings. The second kappa shape index (κ2) is 9.01. The lowest BCUT2D eigenvalue weighted by Crippen LogP contribution is -2.09. The van der Waals surface area contributed by atoms with Crippen LogP contribution in [0.1, 0.15) is 25.3 Å². The highest BCUT2D eigenvalue weighted by Gasteiger charge is 2.12. The topological polar surface area (TPSA) is 84.3 Å². The van der Waals surface area contributed by atoms with Crippen molar-refractivity contribution >= 4 is 17.0 Å². The molecule has 0 radical (unpaired) electrons. The first kappa shape index (κ1) is 19.9. The molecule has 7 nitrogen and oxygen atoms in total. The maximum atomic E-state index is 4.81. The first-order chi connectivity index (χ1) is 15.8. The Morgan fingerprint density at radius 2 is 1.69 bits per heavy atom. The Morgan fingerprint density at radius 3 is 2.47 bits per heavy atom. The van der Waals surface area contributed by atoms with E-state index in [9.17, 15) is 0 Å². The SMILES string of the molecule is CCCCNc1nc2ccccc2n1Cc1ccc(-c2ccccc2-c2nn[nH]n2)cc1. The fourth-order valence-electron chi connectivity index (χ4n) is 3.93. The summed E-state index contributed by atoms with van der Waals surface area (Å²) in [5.41, 5.74) is 6.51. The number of tetrazole rings is 1. The number of rotatable bonds is 8. The third kappa shape index (κ3) is 3.97. The fourth-order valence-corrected chi connectivity index (χ4v) is 3.93. The summed E-state index contributed by atoms with van der Waals surface area (Å²) < 4.78 is 2.26. The third-order valence-electron chi connectivity index (χ3n) is 5.59. The van der Waals surface area contributed by atoms with Gasteiger partial charge in [0.25, 0.3) is 0 Å². The monoisotopic (exact) mass is 423 g/mol. The van der Waals surface area contributed by atoms with E-state index in [0.717, 1.165) is 59.6 Å². The van der Waals surface area contributed by atoms with Crippen molar-refractivity contribution in [1.29, 1.82) is 0 Å². The van der Waals surface area contributed by atoms with E-state index in [4.69, 9.17) is 4.98 Å². The average Bonchev–Trinajstić information content (AvgIpc) is 3.49. The molecule has 0 unspecified atom stereocenters. The van der Waals surface area contributed by atoms with Crippen LogP contribution in [0.5, 0.6) is 0 Å². The average molecular weight is 424 g/mol. The summed E-state index contributed by atoms with van der Waals surface area (Å²) in [6, 6.07) is 25.0. The third-order valence-corrected chi connectivity index (χ3v) is 5.59. The van der Waals surface area contributed by atoms with Gasteiger partial charge in [-0.3, -0.25) is 0 Å². The number of fused-ring (bicyclic) bond motifs is 1. The fraction of sp³-hybridized carbons (Fsp3) is 0.200. The van der Waals surface area contributed by atoms with Crippen LogP contribution in [-0.4, -0.2) is 36.7 Å². The van der Waals surface area contributed by atoms with E-state index in [1.807, 2.05) is 24.3 Å². The van der Waals surface area contributed by atoms with Gasteiger partial charge in [0.1, 0.15) is 0 Å². The Kier molecular flexibility index (Phi) is 5.61. The molecular formula is C25H25N7. The minimum atomic E-state index is 0.595. The van der Waals surface area contributed by atoms with Crippen LogP contribution in [0.25, 0.3) is 33.5 Å². The lowest BCUT2D eigenvalue weighted by Gasteiger charge is -2.12. The summed E-state index contributed by atoms with van der Waals surface area (Å²) in [4.78, 5) is 4.81. The molecule has 2 heterocycles. The van der Waals surface area contributed by atoms with Crippen LogP contribution in [0.4, 0.5) is 5.95 Å². The van der Waals surface area contributed by atoms with E-state index in [0.29, 0.717) is 5.82 Å². The summed E-state index contributed by atoms with van der Waals surface area (Å²) in [5, 5.41) is 18.0. The summed E-state index contributed by atoms with van der Waals surface area (Å²) in [6.07, 6.45) is 2.28. The molecule has 0 aliphatic heterocycles. The number of anilines is 1. The quantitative estimate of drug-likeness (QED) is 0.338. The Balaban J connectivity index is 1.44. The zero-order chi connectivity index (χ0) is 21.8. The summed E-state index contributed by atoms with van der Waals surface area (Å²) in [7, 11) is 0. The molecule has 5 rings (SSSR count). The van der Waals surface area contributed by atoms with E-state index in [2.05, 4.69) is 86.0 Å². The highest BCUT2D eigenvalue weighted by Crippen LogP contribution is 2.30. The van der Waals surface area contributed by atoms with Crippen molar-refractivity contribution < 1.29 is 0 Å². The van der Waals surface area contributed by atoms with Gasteiger partial charge in [-0.25, -0.2) is 4.98 Å². The van der Waals surface area contributed by atoms with E-state index in [1.54, 1.807) is 0 Å². The zero-order valence-corrected chi connectivity index (χ0v) is 18.0. The number of nitrogens with one attached hydrogen (secondary N) is 2. The molecule has 0 amide bonds. The van der Waals surface area contributed by atoms with Gasteiger partial charge in [0.2, 0.25) is 11.8 Å². The second-order valence-corrected chi connectivity index (χ2v) is 7.77. The number of hydrogen-bond donors (Lipinski definition) is 2. The Labute approximate surface area is 186 Å². The minimum absolute atomic E-state index is 0.595. The van der Waals surface area contributed by atoms with Crippen molar-refractivity contribution in [1.82, 2.24) is 30.2 Å². The molecule has 0 aliphatic carbocycles. The van der Waals surface area contributed by atoms with Crippen LogP contribution >= 0.6 is 0 Å². The van der Waals surface area contributed by atoms with Gasteiger partial charge >= 0.3 is 0 Å². The molecule has 0 aliphatic rings. The van der Waals surface area contributed by atoms with Gasteiger partial charge in [-0.2, -0.15) is 5.21 Å². The molecule has 0 spiro atoms. The number of H-pyrrole nitrogens is 1. The minimum Gasteiger partial charge on any atom is -0.356 e. The lowest BCUT2D eigenvalue weighted by atomic mass is 9.98. The van der Waals surface area contributed by atoms with Crippen molar-refractivity contribution in [2.45, 2.75) is 26.3 Å². The van der Waals surface area contributed by atoms with E-state index >= 15 is 0 Å². The maximum Gasteiger partial charge on any atom is 0.205 e. The standard InChI is InChI=1S/C25H25N7/c1-2-3-16-26-25-27-22-10-6-7-11-23(22)32(25)17-18-12-14-19(15-13-18)20-8-4-5-9-21(20)24-28-30-31-29-24/h4-15H,2-3,16-17H2,1H3,(H,26,27)(H,28,29,30,31). The first-order valence-corrected chi connectivity index (χ1v) is 10.9. The Morgan fingerprint density at radius 1 is 0.906 bits per heavy atom. The summed E-state index contributed by atoms with van der Waals surface area (Å²) in [5.74, 6) is 1.52. The number of imidazole rings is 1. The molecular weight excluding hydrogens is 398 g/mol. The molecule has 0 saturated heterocycles. The van der Waals surface area contributed by atoms with Crippen molar-refractivity contribution in [3.05, 3.63) is 78.4 Å². The number of aromatic amines is 1. The molecule has 32 heavy (non-hydrogen) atoms. The van der Waals surface area contributed by atoms with Gasteiger partial charge in [-0.15, -0.1) is 10.2 Å². The van der Waals surface area contributed by atoms with Crippen LogP contribution in [0.3, 0.4) is 0 Å². The van der Waals surface area contributed by atoms with Crippen molar-refractivity contribution in [3.8, 4) is 22.5 Å². The Hall–Kier alpha value is -4.00. The number of unbranched alkanes of at least 4 members (excludes halogenated alkanes) is 1. The predicted molar refractivity (Wildman–Crippen MR) is 127 cm³/mol. The van der Waals surface area contributed by atoms with Gasteiger partial charge in [-0.1, -0.05) is 74.0 Å². The highest BCUT2D eigenvalue weighted by atomic mass is 15.5. The molecule has 7 heteroatoms. The van der Waals surface area contributed by atoms with Gasteiger partial charge in [-0.05, 0) is 40.5 Å². The predicted octanol–water partition coefficient (Wildman–Crippen LogP) is 5.14. The molecule has 160 valence electrons. The lowest BCUT2D eigenvalue weighted by molar-refractivity contribution is 0.790. The molecule has 0 atom stereocenters. The van der Waals surface area contributed by atoms with Crippen LogP contribution in [0.2, 0.25) is 0 Å². The molecule has 5 aromatic rings. The van der Waals surface area contributed by atoms with Crippen LogP contribution in [0, 0.1) is 0 Å². The van der Waals surface area contributed by atoms with Gasteiger partial charge < -0.3 is 9.88 Å². The maximum absolute atomic E-state index is 4.81. The van der Waals surface area contributed by atoms with Gasteiger partial charge in [0.15, 0.2) is 0 Å². The van der Waals surface area contributed by atoms with Gasteiger partial charge in [0, 0.05) is 12.1 Å². The molecule has 2 aromatic heterocycles. The first-order valence-electron chi connectivity index (χ1n) is 10.9. The van der Waals surface area contributed by atoms with Crippen molar-refractivity contribution in [2.24, 2.45) is 0 Å². The number of para-hydroxylation sites is 2.